The second-order valence-corrected chi connectivity index (χ2v) is 6.57. The average molecular weight is 272 g/mol. The summed E-state index contributed by atoms with van der Waals surface area (Å²) in [7, 11) is 0. The molecule has 2 fully saturated rings. The largest absolute Gasteiger partial charge is 0.334 e. The second-order valence-electron chi connectivity index (χ2n) is 6.57. The van der Waals surface area contributed by atoms with Gasteiger partial charge >= 0.3 is 0 Å². The minimum absolute atomic E-state index is 0.144. The summed E-state index contributed by atoms with van der Waals surface area (Å²) in [5.41, 5.74) is 8.21. The molecule has 1 amide bonds. The molecule has 2 aliphatic rings. The number of aryl methyl sites for hydroxylation is 1. The van der Waals surface area contributed by atoms with Crippen LogP contribution in [0.4, 0.5) is 0 Å². The van der Waals surface area contributed by atoms with Crippen molar-refractivity contribution < 1.29 is 4.79 Å². The Bertz CT molecular complexity index is 519. The maximum absolute atomic E-state index is 12.8. The van der Waals surface area contributed by atoms with Crippen molar-refractivity contribution in [2.75, 3.05) is 6.54 Å². The Hall–Kier alpha value is -1.35. The molecular weight excluding hydrogens is 248 g/mol. The number of rotatable bonds is 3. The topological polar surface area (TPSA) is 46.3 Å². The molecule has 2 unspecified atom stereocenters. The highest BCUT2D eigenvalue weighted by Crippen LogP contribution is 2.42. The van der Waals surface area contributed by atoms with Gasteiger partial charge in [-0.25, -0.2) is 0 Å². The van der Waals surface area contributed by atoms with E-state index in [4.69, 9.17) is 5.73 Å². The number of benzene rings is 1. The van der Waals surface area contributed by atoms with Crippen LogP contribution in [0.2, 0.25) is 0 Å². The Morgan fingerprint density at radius 1 is 1.30 bits per heavy atom. The van der Waals surface area contributed by atoms with Crippen LogP contribution in [0, 0.1) is 12.8 Å². The predicted molar refractivity (Wildman–Crippen MR) is 80.2 cm³/mol. The molecule has 0 aromatic heterocycles. The number of hydrogen-bond acceptors (Lipinski definition) is 2. The molecule has 108 valence electrons. The van der Waals surface area contributed by atoms with Crippen LogP contribution in [0.15, 0.2) is 24.3 Å². The lowest BCUT2D eigenvalue weighted by atomic mass is 9.93. The van der Waals surface area contributed by atoms with Crippen molar-refractivity contribution in [2.24, 2.45) is 11.7 Å². The molecule has 2 atom stereocenters. The molecule has 3 nitrogen and oxygen atoms in total. The Labute approximate surface area is 121 Å². The van der Waals surface area contributed by atoms with E-state index in [2.05, 4.69) is 31.2 Å². The molecule has 3 heteroatoms. The zero-order chi connectivity index (χ0) is 14.3. The SMILES string of the molecule is Cc1ccccc1C1CCCN1C(=O)C(C)(N)C1CC1. The maximum Gasteiger partial charge on any atom is 0.243 e. The lowest BCUT2D eigenvalue weighted by Crippen LogP contribution is -2.54. The second kappa shape index (κ2) is 4.88. The van der Waals surface area contributed by atoms with Crippen LogP contribution in [0.1, 0.15) is 49.8 Å². The number of likely N-dealkylation sites (tertiary alicyclic amines) is 1. The summed E-state index contributed by atoms with van der Waals surface area (Å²) >= 11 is 0. The van der Waals surface area contributed by atoms with E-state index in [9.17, 15) is 4.79 Å². The van der Waals surface area contributed by atoms with Crippen LogP contribution in [0.25, 0.3) is 0 Å². The lowest BCUT2D eigenvalue weighted by molar-refractivity contribution is -0.138. The first-order chi connectivity index (χ1) is 9.51. The average Bonchev–Trinajstić information content (AvgIpc) is 3.18. The van der Waals surface area contributed by atoms with E-state index in [1.807, 2.05) is 11.8 Å². The first-order valence-electron chi connectivity index (χ1n) is 7.67. The highest BCUT2D eigenvalue weighted by Gasteiger charge is 2.48. The van der Waals surface area contributed by atoms with E-state index >= 15 is 0 Å². The quantitative estimate of drug-likeness (QED) is 0.919. The Morgan fingerprint density at radius 2 is 2.00 bits per heavy atom. The van der Waals surface area contributed by atoms with Gasteiger partial charge in [0.05, 0.1) is 11.6 Å². The number of carbonyl (C=O) groups excluding carboxylic acids is 1. The summed E-state index contributed by atoms with van der Waals surface area (Å²) in [6, 6.07) is 8.60. The van der Waals surface area contributed by atoms with Gasteiger partial charge in [0.15, 0.2) is 0 Å². The van der Waals surface area contributed by atoms with Crippen LogP contribution >= 0.6 is 0 Å². The number of nitrogens with zero attached hydrogens (tertiary/aromatic N) is 1. The van der Waals surface area contributed by atoms with Crippen molar-refractivity contribution in [1.29, 1.82) is 0 Å². The fraction of sp³-hybridized carbons (Fsp3) is 0.588. The summed E-state index contributed by atoms with van der Waals surface area (Å²) < 4.78 is 0. The molecule has 0 spiro atoms. The van der Waals surface area contributed by atoms with Crippen molar-refractivity contribution in [3.8, 4) is 0 Å². The molecule has 0 radical (unpaired) electrons. The van der Waals surface area contributed by atoms with E-state index in [1.165, 1.54) is 11.1 Å². The number of amides is 1. The van der Waals surface area contributed by atoms with Gasteiger partial charge < -0.3 is 10.6 Å². The van der Waals surface area contributed by atoms with Crippen molar-refractivity contribution in [3.05, 3.63) is 35.4 Å². The highest BCUT2D eigenvalue weighted by atomic mass is 16.2. The fourth-order valence-electron chi connectivity index (χ4n) is 3.46. The van der Waals surface area contributed by atoms with Crippen LogP contribution in [-0.2, 0) is 4.79 Å². The summed E-state index contributed by atoms with van der Waals surface area (Å²) in [5.74, 6) is 0.527. The number of hydrogen-bond donors (Lipinski definition) is 1. The Balaban J connectivity index is 1.86. The summed E-state index contributed by atoms with van der Waals surface area (Å²) in [6.45, 7) is 4.89. The molecule has 1 saturated heterocycles. The zero-order valence-electron chi connectivity index (χ0n) is 12.4. The molecule has 0 bridgehead atoms. The molecule has 20 heavy (non-hydrogen) atoms. The van der Waals surface area contributed by atoms with E-state index in [0.29, 0.717) is 5.92 Å². The predicted octanol–water partition coefficient (Wildman–Crippen LogP) is 2.79. The van der Waals surface area contributed by atoms with Gasteiger partial charge in [-0.3, -0.25) is 4.79 Å². The van der Waals surface area contributed by atoms with E-state index in [-0.39, 0.29) is 11.9 Å². The van der Waals surface area contributed by atoms with Crippen molar-refractivity contribution in [2.45, 2.75) is 51.1 Å². The monoisotopic (exact) mass is 272 g/mol. The molecule has 1 aromatic rings. The molecule has 1 aromatic carbocycles. The van der Waals surface area contributed by atoms with Crippen LogP contribution in [0.5, 0.6) is 0 Å². The number of nitrogens with two attached hydrogens (primary N) is 1. The van der Waals surface area contributed by atoms with Crippen LogP contribution < -0.4 is 5.73 Å². The van der Waals surface area contributed by atoms with Gasteiger partial charge in [0.1, 0.15) is 0 Å². The number of carbonyl (C=O) groups is 1. The first kappa shape index (κ1) is 13.6. The van der Waals surface area contributed by atoms with E-state index < -0.39 is 5.54 Å². The maximum atomic E-state index is 12.8. The van der Waals surface area contributed by atoms with Gasteiger partial charge in [-0.05, 0) is 56.6 Å². The molecular formula is C17H24N2O. The van der Waals surface area contributed by atoms with Gasteiger partial charge in [0.25, 0.3) is 0 Å². The molecule has 3 rings (SSSR count). The van der Waals surface area contributed by atoms with Gasteiger partial charge in [-0.2, -0.15) is 0 Å². The molecule has 1 saturated carbocycles. The molecule has 2 N–H and O–H groups in total. The zero-order valence-corrected chi connectivity index (χ0v) is 12.4. The summed E-state index contributed by atoms with van der Waals surface area (Å²) in [6.07, 6.45) is 4.33. The Kier molecular flexibility index (Phi) is 3.33. The van der Waals surface area contributed by atoms with Gasteiger partial charge in [-0.15, -0.1) is 0 Å². The molecule has 1 aliphatic heterocycles. The normalized spacial score (nSPS) is 25.6. The van der Waals surface area contributed by atoms with Crippen LogP contribution in [-0.4, -0.2) is 22.9 Å². The molecule has 1 heterocycles. The van der Waals surface area contributed by atoms with Gasteiger partial charge in [0.2, 0.25) is 5.91 Å². The third kappa shape index (κ3) is 2.24. The summed E-state index contributed by atoms with van der Waals surface area (Å²) in [5, 5.41) is 0. The smallest absolute Gasteiger partial charge is 0.243 e. The van der Waals surface area contributed by atoms with E-state index in [1.54, 1.807) is 0 Å². The van der Waals surface area contributed by atoms with Crippen molar-refractivity contribution >= 4 is 5.91 Å². The van der Waals surface area contributed by atoms with E-state index in [0.717, 1.165) is 32.2 Å². The highest BCUT2D eigenvalue weighted by molar-refractivity contribution is 5.87. The van der Waals surface area contributed by atoms with Crippen molar-refractivity contribution in [1.82, 2.24) is 4.90 Å². The summed E-state index contributed by atoms with van der Waals surface area (Å²) in [4.78, 5) is 14.9. The third-order valence-electron chi connectivity index (χ3n) is 4.95. The Morgan fingerprint density at radius 3 is 2.65 bits per heavy atom. The van der Waals surface area contributed by atoms with Crippen molar-refractivity contribution in [3.63, 3.8) is 0 Å². The minimum Gasteiger partial charge on any atom is -0.334 e. The fourth-order valence-corrected chi connectivity index (χ4v) is 3.46. The van der Waals surface area contributed by atoms with Gasteiger partial charge in [-0.1, -0.05) is 24.3 Å². The lowest BCUT2D eigenvalue weighted by Gasteiger charge is -2.34. The third-order valence-corrected chi connectivity index (χ3v) is 4.95. The van der Waals surface area contributed by atoms with Gasteiger partial charge in [0, 0.05) is 6.54 Å². The minimum atomic E-state index is -0.675. The van der Waals surface area contributed by atoms with Crippen LogP contribution in [0.3, 0.4) is 0 Å². The standard InChI is InChI=1S/C17H24N2O/c1-12-6-3-4-7-14(12)15-8-5-11-19(15)16(20)17(2,18)13-9-10-13/h3-4,6-7,13,15H,5,8-11,18H2,1-2H3. The molecule has 1 aliphatic carbocycles. The first-order valence-corrected chi connectivity index (χ1v) is 7.67.